The van der Waals surface area contributed by atoms with Crippen LogP contribution < -0.4 is 10.2 Å². The highest BCUT2D eigenvalue weighted by atomic mass is 79.9. The Morgan fingerprint density at radius 1 is 1.07 bits per heavy atom. The van der Waals surface area contributed by atoms with Crippen molar-refractivity contribution in [2.45, 2.75) is 19.8 Å². The summed E-state index contributed by atoms with van der Waals surface area (Å²) in [6.07, 6.45) is 3.26. The topological polar surface area (TPSA) is 66.5 Å². The van der Waals surface area contributed by atoms with Gasteiger partial charge in [-0.25, -0.2) is 0 Å². The largest absolute Gasteiger partial charge is 0.322 e. The average Bonchev–Trinajstić information content (AvgIpc) is 2.93. The van der Waals surface area contributed by atoms with Crippen molar-refractivity contribution in [2.24, 2.45) is 11.8 Å². The number of anilines is 2. The highest BCUT2D eigenvalue weighted by Gasteiger charge is 2.48. The Morgan fingerprint density at radius 3 is 2.54 bits per heavy atom. The molecule has 28 heavy (non-hydrogen) atoms. The van der Waals surface area contributed by atoms with Crippen LogP contribution in [0.15, 0.2) is 64.7 Å². The van der Waals surface area contributed by atoms with Gasteiger partial charge in [-0.15, -0.1) is 0 Å². The second-order valence-corrected chi connectivity index (χ2v) is 8.14. The molecule has 2 aromatic carbocycles. The van der Waals surface area contributed by atoms with E-state index >= 15 is 0 Å². The van der Waals surface area contributed by atoms with Crippen molar-refractivity contribution in [1.29, 1.82) is 0 Å². The molecule has 0 bridgehead atoms. The Labute approximate surface area is 171 Å². The molecule has 3 amide bonds. The quantitative estimate of drug-likeness (QED) is 0.564. The maximum absolute atomic E-state index is 12.9. The number of amides is 3. The van der Waals surface area contributed by atoms with Crippen LogP contribution in [-0.4, -0.2) is 17.7 Å². The van der Waals surface area contributed by atoms with Gasteiger partial charge in [0.25, 0.3) is 5.91 Å². The Morgan fingerprint density at radius 2 is 1.79 bits per heavy atom. The molecule has 0 radical (unpaired) electrons. The molecule has 1 heterocycles. The minimum Gasteiger partial charge on any atom is -0.322 e. The van der Waals surface area contributed by atoms with Crippen LogP contribution in [0.4, 0.5) is 11.4 Å². The molecule has 0 saturated carbocycles. The van der Waals surface area contributed by atoms with Gasteiger partial charge in [-0.2, -0.15) is 0 Å². The zero-order valence-corrected chi connectivity index (χ0v) is 16.9. The van der Waals surface area contributed by atoms with Gasteiger partial charge in [0.15, 0.2) is 0 Å². The maximum atomic E-state index is 12.9. The number of halogens is 1. The van der Waals surface area contributed by atoms with Crippen LogP contribution in [0.3, 0.4) is 0 Å². The van der Waals surface area contributed by atoms with E-state index in [1.54, 1.807) is 36.4 Å². The summed E-state index contributed by atoms with van der Waals surface area (Å²) in [6, 6.07) is 13.9. The van der Waals surface area contributed by atoms with Crippen LogP contribution in [-0.2, 0) is 9.59 Å². The number of rotatable bonds is 3. The van der Waals surface area contributed by atoms with Crippen LogP contribution in [0.1, 0.15) is 30.1 Å². The van der Waals surface area contributed by atoms with E-state index in [-0.39, 0.29) is 29.6 Å². The van der Waals surface area contributed by atoms with Crippen molar-refractivity contribution < 1.29 is 14.4 Å². The zero-order valence-electron chi connectivity index (χ0n) is 15.3. The third-order valence-electron chi connectivity index (χ3n) is 5.29. The summed E-state index contributed by atoms with van der Waals surface area (Å²) in [4.78, 5) is 39.6. The van der Waals surface area contributed by atoms with Gasteiger partial charge in [0.2, 0.25) is 11.8 Å². The number of hydrogen-bond donors (Lipinski definition) is 1. The van der Waals surface area contributed by atoms with Gasteiger partial charge in [0, 0.05) is 15.7 Å². The number of nitrogens with one attached hydrogen (secondary N) is 1. The van der Waals surface area contributed by atoms with Crippen molar-refractivity contribution in [2.75, 3.05) is 10.2 Å². The number of hydrogen-bond acceptors (Lipinski definition) is 3. The van der Waals surface area contributed by atoms with Crippen LogP contribution in [0.5, 0.6) is 0 Å². The van der Waals surface area contributed by atoms with Gasteiger partial charge < -0.3 is 5.32 Å². The fourth-order valence-corrected chi connectivity index (χ4v) is 4.08. The Hall–Kier alpha value is -2.73. The summed E-state index contributed by atoms with van der Waals surface area (Å²) in [6.45, 7) is 1.99. The Bertz CT molecular complexity index is 997. The Kier molecular flexibility index (Phi) is 4.89. The second kappa shape index (κ2) is 7.36. The molecule has 2 aliphatic rings. The number of allylic oxidation sites excluding steroid dienone is 2. The van der Waals surface area contributed by atoms with Crippen molar-refractivity contribution in [3.05, 3.63) is 70.2 Å². The number of nitrogens with zero attached hydrogens (tertiary/aromatic N) is 1. The summed E-state index contributed by atoms with van der Waals surface area (Å²) in [5, 5.41) is 2.82. The standard InChI is InChI=1S/C22H19BrN2O3/c1-13-5-10-18-19(11-13)22(28)25(21(18)27)17-4-2-3-14(12-17)20(26)24-16-8-6-15(23)7-9-16/h2-9,12,18-19H,10-11H2,1H3,(H,24,26)/t18-,19+/m1/s1. The summed E-state index contributed by atoms with van der Waals surface area (Å²) in [5.74, 6) is -1.23. The van der Waals surface area contributed by atoms with Gasteiger partial charge in [-0.3, -0.25) is 19.3 Å². The number of benzene rings is 2. The molecule has 1 aliphatic heterocycles. The van der Waals surface area contributed by atoms with Crippen molar-refractivity contribution in [3.63, 3.8) is 0 Å². The number of carbonyl (C=O) groups is 3. The molecule has 4 rings (SSSR count). The lowest BCUT2D eigenvalue weighted by Crippen LogP contribution is -2.31. The van der Waals surface area contributed by atoms with Crippen molar-refractivity contribution in [3.8, 4) is 0 Å². The molecule has 0 unspecified atom stereocenters. The molecule has 1 fully saturated rings. The minimum absolute atomic E-state index is 0.173. The summed E-state index contributed by atoms with van der Waals surface area (Å²) in [5.41, 5.74) is 2.65. The third kappa shape index (κ3) is 3.40. The van der Waals surface area contributed by atoms with Gasteiger partial charge in [-0.1, -0.05) is 33.6 Å². The molecular weight excluding hydrogens is 420 g/mol. The van der Waals surface area contributed by atoms with E-state index in [1.807, 2.05) is 25.1 Å². The van der Waals surface area contributed by atoms with E-state index < -0.39 is 0 Å². The van der Waals surface area contributed by atoms with Crippen molar-refractivity contribution >= 4 is 45.0 Å². The first-order valence-electron chi connectivity index (χ1n) is 9.14. The predicted octanol–water partition coefficient (Wildman–Crippen LogP) is 4.55. The van der Waals surface area contributed by atoms with Gasteiger partial charge in [0.1, 0.15) is 0 Å². The van der Waals surface area contributed by atoms with E-state index in [0.29, 0.717) is 29.8 Å². The lowest BCUT2D eigenvalue weighted by molar-refractivity contribution is -0.122. The van der Waals surface area contributed by atoms with E-state index in [9.17, 15) is 14.4 Å². The number of carbonyl (C=O) groups excluding carboxylic acids is 3. The van der Waals surface area contributed by atoms with E-state index in [0.717, 1.165) is 10.0 Å². The second-order valence-electron chi connectivity index (χ2n) is 7.23. The molecule has 1 N–H and O–H groups in total. The van der Waals surface area contributed by atoms with Crippen LogP contribution in [0.25, 0.3) is 0 Å². The van der Waals surface area contributed by atoms with E-state index in [2.05, 4.69) is 21.2 Å². The molecule has 6 heteroatoms. The maximum Gasteiger partial charge on any atom is 0.255 e. The molecule has 0 aromatic heterocycles. The molecule has 5 nitrogen and oxygen atoms in total. The van der Waals surface area contributed by atoms with Crippen LogP contribution >= 0.6 is 15.9 Å². The predicted molar refractivity (Wildman–Crippen MR) is 111 cm³/mol. The molecule has 2 aromatic rings. The van der Waals surface area contributed by atoms with E-state index in [4.69, 9.17) is 0 Å². The monoisotopic (exact) mass is 438 g/mol. The van der Waals surface area contributed by atoms with Crippen LogP contribution in [0, 0.1) is 11.8 Å². The number of fused-ring (bicyclic) bond motifs is 1. The summed E-state index contributed by atoms with van der Waals surface area (Å²) in [7, 11) is 0. The smallest absolute Gasteiger partial charge is 0.255 e. The average molecular weight is 439 g/mol. The molecule has 1 saturated heterocycles. The van der Waals surface area contributed by atoms with Gasteiger partial charge in [0.05, 0.1) is 17.5 Å². The first-order chi connectivity index (χ1) is 13.4. The third-order valence-corrected chi connectivity index (χ3v) is 5.82. The Balaban J connectivity index is 1.57. The molecule has 0 spiro atoms. The lowest BCUT2D eigenvalue weighted by atomic mass is 9.82. The minimum atomic E-state index is -0.295. The van der Waals surface area contributed by atoms with Crippen molar-refractivity contribution in [1.82, 2.24) is 0 Å². The van der Waals surface area contributed by atoms with Crippen LogP contribution in [0.2, 0.25) is 0 Å². The fraction of sp³-hybridized carbons (Fsp3) is 0.227. The number of imide groups is 1. The highest BCUT2D eigenvalue weighted by Crippen LogP contribution is 2.39. The first kappa shape index (κ1) is 18.6. The van der Waals surface area contributed by atoms with Gasteiger partial charge in [-0.05, 0) is 62.2 Å². The molecular formula is C22H19BrN2O3. The lowest BCUT2D eigenvalue weighted by Gasteiger charge is -2.18. The summed E-state index contributed by atoms with van der Waals surface area (Å²) >= 11 is 3.36. The van der Waals surface area contributed by atoms with E-state index in [1.165, 1.54) is 4.90 Å². The molecule has 2 atom stereocenters. The first-order valence-corrected chi connectivity index (χ1v) is 9.94. The highest BCUT2D eigenvalue weighted by molar-refractivity contribution is 9.10. The summed E-state index contributed by atoms with van der Waals surface area (Å²) < 4.78 is 0.921. The van der Waals surface area contributed by atoms with Gasteiger partial charge >= 0.3 is 0 Å². The molecule has 1 aliphatic carbocycles. The fourth-order valence-electron chi connectivity index (χ4n) is 3.81. The molecule has 142 valence electrons. The zero-order chi connectivity index (χ0) is 19.8. The SMILES string of the molecule is CC1=CC[C@H]2C(=O)N(c3cccc(C(=O)Nc4ccc(Br)cc4)c3)C(=O)[C@H]2C1. The normalized spacial score (nSPS) is 21.4.